The maximum absolute atomic E-state index is 12.3. The molecule has 0 aliphatic rings. The molecule has 0 unspecified atom stereocenters. The van der Waals surface area contributed by atoms with Gasteiger partial charge < -0.3 is 14.8 Å². The zero-order valence-electron chi connectivity index (χ0n) is 15.9. The number of hydrogen-bond donors (Lipinski definition) is 2. The molecule has 2 heterocycles. The molecule has 1 aromatic carbocycles. The molecule has 3 aromatic rings. The lowest BCUT2D eigenvalue weighted by Crippen LogP contribution is -2.23. The van der Waals surface area contributed by atoms with Gasteiger partial charge in [0.05, 0.1) is 12.8 Å². The quantitative estimate of drug-likeness (QED) is 0.644. The first kappa shape index (κ1) is 19.2. The van der Waals surface area contributed by atoms with Crippen LogP contribution in [0.2, 0.25) is 0 Å². The van der Waals surface area contributed by atoms with Crippen molar-refractivity contribution in [2.45, 2.75) is 20.3 Å². The lowest BCUT2D eigenvalue weighted by atomic mass is 10.3. The number of anilines is 1. The van der Waals surface area contributed by atoms with Gasteiger partial charge in [0.15, 0.2) is 6.61 Å². The van der Waals surface area contributed by atoms with Crippen LogP contribution < -0.4 is 20.3 Å². The predicted molar refractivity (Wildman–Crippen MR) is 103 cm³/mol. The van der Waals surface area contributed by atoms with E-state index in [9.17, 15) is 9.59 Å². The molecule has 0 saturated carbocycles. The molecule has 0 aliphatic heterocycles. The number of aromatic amines is 1. The van der Waals surface area contributed by atoms with Crippen LogP contribution in [0, 0.1) is 6.92 Å². The Labute approximate surface area is 161 Å². The summed E-state index contributed by atoms with van der Waals surface area (Å²) >= 11 is 0. The van der Waals surface area contributed by atoms with E-state index in [0.717, 1.165) is 0 Å². The number of aromatic nitrogens is 4. The smallest absolute Gasteiger partial charge is 0.263 e. The van der Waals surface area contributed by atoms with Crippen molar-refractivity contribution in [2.75, 3.05) is 19.0 Å². The lowest BCUT2D eigenvalue weighted by Gasteiger charge is -2.10. The highest BCUT2D eigenvalue weighted by Crippen LogP contribution is 2.19. The van der Waals surface area contributed by atoms with Crippen molar-refractivity contribution in [2.24, 2.45) is 0 Å². The summed E-state index contributed by atoms with van der Waals surface area (Å²) in [7, 11) is 1.56. The molecule has 2 aromatic heterocycles. The Hall–Kier alpha value is -3.62. The fourth-order valence-electron chi connectivity index (χ4n) is 2.54. The van der Waals surface area contributed by atoms with Gasteiger partial charge in [-0.05, 0) is 25.5 Å². The normalized spacial score (nSPS) is 10.5. The number of nitrogens with one attached hydrogen (secondary N) is 2. The van der Waals surface area contributed by atoms with E-state index in [2.05, 4.69) is 20.4 Å². The van der Waals surface area contributed by atoms with Crippen LogP contribution in [0.4, 0.5) is 5.82 Å². The highest BCUT2D eigenvalue weighted by molar-refractivity contribution is 5.91. The van der Waals surface area contributed by atoms with E-state index in [4.69, 9.17) is 9.47 Å². The van der Waals surface area contributed by atoms with Crippen LogP contribution in [-0.2, 0) is 11.2 Å². The van der Waals surface area contributed by atoms with E-state index in [1.54, 1.807) is 44.4 Å². The zero-order valence-corrected chi connectivity index (χ0v) is 15.9. The largest absolute Gasteiger partial charge is 0.497 e. The number of methoxy groups -OCH3 is 1. The van der Waals surface area contributed by atoms with Crippen LogP contribution in [0.3, 0.4) is 0 Å². The maximum atomic E-state index is 12.3. The number of nitrogens with zero attached hydrogens (tertiary/aromatic N) is 3. The molecule has 1 amide bonds. The van der Waals surface area contributed by atoms with Crippen LogP contribution in [0.1, 0.15) is 18.3 Å². The summed E-state index contributed by atoms with van der Waals surface area (Å²) in [6.45, 7) is 3.48. The van der Waals surface area contributed by atoms with Crippen molar-refractivity contribution in [3.63, 3.8) is 0 Å². The van der Waals surface area contributed by atoms with Gasteiger partial charge in [-0.15, -0.1) is 0 Å². The fraction of sp³-hybridized carbons (Fsp3) is 0.263. The Bertz CT molecular complexity index is 1040. The Morgan fingerprint density at radius 3 is 2.79 bits per heavy atom. The summed E-state index contributed by atoms with van der Waals surface area (Å²) in [5.74, 6) is 1.39. The molecule has 0 radical (unpaired) electrons. The topological polar surface area (TPSA) is 111 Å². The first-order valence-electron chi connectivity index (χ1n) is 8.72. The number of aryl methyl sites for hydroxylation is 2. The number of benzene rings is 1. The summed E-state index contributed by atoms with van der Waals surface area (Å²) in [6, 6.07) is 10.1. The molecule has 0 aliphatic carbocycles. The third-order valence-electron chi connectivity index (χ3n) is 3.86. The van der Waals surface area contributed by atoms with E-state index in [0.29, 0.717) is 35.1 Å². The second kappa shape index (κ2) is 8.38. The Morgan fingerprint density at radius 2 is 2.04 bits per heavy atom. The number of carbonyl (C=O) groups is 1. The molecule has 9 nitrogen and oxygen atoms in total. The summed E-state index contributed by atoms with van der Waals surface area (Å²) in [5, 5.41) is 7.03. The van der Waals surface area contributed by atoms with Crippen molar-refractivity contribution >= 4 is 11.7 Å². The monoisotopic (exact) mass is 383 g/mol. The maximum Gasteiger partial charge on any atom is 0.263 e. The van der Waals surface area contributed by atoms with Crippen molar-refractivity contribution in [3.8, 4) is 17.4 Å². The van der Waals surface area contributed by atoms with Crippen molar-refractivity contribution in [1.82, 2.24) is 19.7 Å². The summed E-state index contributed by atoms with van der Waals surface area (Å²) in [5.41, 5.74) is 1.01. The van der Waals surface area contributed by atoms with Crippen molar-refractivity contribution in [3.05, 3.63) is 58.1 Å². The van der Waals surface area contributed by atoms with Crippen LogP contribution >= 0.6 is 0 Å². The second-order valence-corrected chi connectivity index (χ2v) is 6.01. The molecule has 2 N–H and O–H groups in total. The van der Waals surface area contributed by atoms with Gasteiger partial charge in [-0.1, -0.05) is 13.0 Å². The standard InChI is InChI=1S/C19H21N5O4/c1-4-13-9-17(25)22-19(20-13)24-16(8-12(2)23-24)21-18(26)11-28-15-7-5-6-14(10-15)27-3/h5-10H,4,11H2,1-3H3,(H,21,26)(H,20,22,25). The van der Waals surface area contributed by atoms with Gasteiger partial charge in [0.2, 0.25) is 5.95 Å². The predicted octanol–water partition coefficient (Wildman–Crippen LogP) is 1.85. The Morgan fingerprint density at radius 1 is 1.25 bits per heavy atom. The zero-order chi connectivity index (χ0) is 20.1. The fourth-order valence-corrected chi connectivity index (χ4v) is 2.54. The van der Waals surface area contributed by atoms with E-state index < -0.39 is 0 Å². The van der Waals surface area contributed by atoms with Gasteiger partial charge in [0.1, 0.15) is 17.3 Å². The number of ether oxygens (including phenoxy) is 2. The molecule has 9 heteroatoms. The third-order valence-corrected chi connectivity index (χ3v) is 3.86. The van der Waals surface area contributed by atoms with Crippen LogP contribution in [0.25, 0.3) is 5.95 Å². The first-order valence-corrected chi connectivity index (χ1v) is 8.72. The molecule has 0 fully saturated rings. The van der Waals surface area contributed by atoms with E-state index in [1.165, 1.54) is 10.7 Å². The highest BCUT2D eigenvalue weighted by Gasteiger charge is 2.14. The minimum atomic E-state index is -0.377. The Balaban J connectivity index is 1.75. The van der Waals surface area contributed by atoms with Crippen molar-refractivity contribution < 1.29 is 14.3 Å². The van der Waals surface area contributed by atoms with Gasteiger partial charge in [-0.3, -0.25) is 14.6 Å². The molecule has 0 spiro atoms. The highest BCUT2D eigenvalue weighted by atomic mass is 16.5. The Kier molecular flexibility index (Phi) is 5.73. The lowest BCUT2D eigenvalue weighted by molar-refractivity contribution is -0.118. The van der Waals surface area contributed by atoms with Crippen LogP contribution in [0.5, 0.6) is 11.5 Å². The van der Waals surface area contributed by atoms with E-state index >= 15 is 0 Å². The molecule has 28 heavy (non-hydrogen) atoms. The summed E-state index contributed by atoms with van der Waals surface area (Å²) in [6.07, 6.45) is 0.604. The van der Waals surface area contributed by atoms with Gasteiger partial charge in [-0.25, -0.2) is 4.98 Å². The third kappa shape index (κ3) is 4.56. The molecular formula is C19H21N5O4. The molecule has 0 saturated heterocycles. The number of carbonyl (C=O) groups excluding carboxylic acids is 1. The summed E-state index contributed by atoms with van der Waals surface area (Å²) < 4.78 is 12.0. The first-order chi connectivity index (χ1) is 13.5. The van der Waals surface area contributed by atoms with E-state index in [-0.39, 0.29) is 24.0 Å². The molecular weight excluding hydrogens is 362 g/mol. The number of H-pyrrole nitrogens is 1. The average molecular weight is 383 g/mol. The van der Waals surface area contributed by atoms with E-state index in [1.807, 2.05) is 6.92 Å². The minimum Gasteiger partial charge on any atom is -0.497 e. The molecule has 3 rings (SSSR count). The van der Waals surface area contributed by atoms with Gasteiger partial charge in [-0.2, -0.15) is 9.78 Å². The average Bonchev–Trinajstić information content (AvgIpc) is 3.06. The van der Waals surface area contributed by atoms with Crippen LogP contribution in [0.15, 0.2) is 41.2 Å². The van der Waals surface area contributed by atoms with Gasteiger partial charge in [0.25, 0.3) is 11.5 Å². The number of rotatable bonds is 7. The second-order valence-electron chi connectivity index (χ2n) is 6.01. The molecule has 146 valence electrons. The van der Waals surface area contributed by atoms with Gasteiger partial charge in [0, 0.05) is 23.9 Å². The number of amides is 1. The van der Waals surface area contributed by atoms with Gasteiger partial charge >= 0.3 is 0 Å². The SMILES string of the molecule is CCc1cc(=O)[nH]c(-n2nc(C)cc2NC(=O)COc2cccc(OC)c2)n1. The van der Waals surface area contributed by atoms with Crippen molar-refractivity contribution in [1.29, 1.82) is 0 Å². The number of hydrogen-bond acceptors (Lipinski definition) is 6. The summed E-state index contributed by atoms with van der Waals surface area (Å²) in [4.78, 5) is 31.2. The minimum absolute atomic E-state index is 0.198. The molecule has 0 atom stereocenters. The molecule has 0 bridgehead atoms. The van der Waals surface area contributed by atoms with Crippen LogP contribution in [-0.4, -0.2) is 39.4 Å².